The summed E-state index contributed by atoms with van der Waals surface area (Å²) >= 11 is 0. The molecule has 0 unspecified atom stereocenters. The first-order chi connectivity index (χ1) is 13.9. The third-order valence-corrected chi connectivity index (χ3v) is 4.58. The highest BCUT2D eigenvalue weighted by molar-refractivity contribution is 5.96. The van der Waals surface area contributed by atoms with Gasteiger partial charge in [-0.3, -0.25) is 9.69 Å². The Labute approximate surface area is 171 Å². The number of nitrogens with one attached hydrogen (secondary N) is 1. The lowest BCUT2D eigenvalue weighted by Gasteiger charge is -2.17. The van der Waals surface area contributed by atoms with Crippen LogP contribution in [0.4, 0.5) is 5.69 Å². The van der Waals surface area contributed by atoms with Crippen LogP contribution in [0.1, 0.15) is 21.5 Å². The van der Waals surface area contributed by atoms with E-state index in [2.05, 4.69) is 5.32 Å². The Morgan fingerprint density at radius 2 is 1.72 bits per heavy atom. The van der Waals surface area contributed by atoms with Crippen LogP contribution < -0.4 is 14.8 Å². The number of hydrogen-bond acceptors (Lipinski definition) is 6. The molecule has 7 heteroatoms. The van der Waals surface area contributed by atoms with E-state index in [-0.39, 0.29) is 12.5 Å². The van der Waals surface area contributed by atoms with Gasteiger partial charge in [-0.15, -0.1) is 0 Å². The number of carbonyl (C=O) groups excluding carboxylic acids is 2. The molecule has 2 rings (SSSR count). The summed E-state index contributed by atoms with van der Waals surface area (Å²) in [5.74, 6) is 0.789. The Kier molecular flexibility index (Phi) is 8.03. The fraction of sp³-hybridized carbons (Fsp3) is 0.364. The quantitative estimate of drug-likeness (QED) is 0.652. The van der Waals surface area contributed by atoms with Crippen LogP contribution in [0.25, 0.3) is 0 Å². The Bertz CT molecular complexity index is 866. The van der Waals surface area contributed by atoms with Crippen molar-refractivity contribution in [3.05, 3.63) is 53.1 Å². The molecule has 2 aromatic carbocycles. The van der Waals surface area contributed by atoms with E-state index in [1.54, 1.807) is 32.4 Å². The molecule has 0 aliphatic heterocycles. The van der Waals surface area contributed by atoms with Crippen molar-refractivity contribution in [2.24, 2.45) is 0 Å². The number of ether oxygens (including phenoxy) is 3. The summed E-state index contributed by atoms with van der Waals surface area (Å²) in [6, 6.07) is 10.9. The van der Waals surface area contributed by atoms with E-state index in [9.17, 15) is 9.59 Å². The van der Waals surface area contributed by atoms with Crippen LogP contribution in [0.5, 0.6) is 11.5 Å². The van der Waals surface area contributed by atoms with Gasteiger partial charge in [-0.2, -0.15) is 0 Å². The summed E-state index contributed by atoms with van der Waals surface area (Å²) in [4.78, 5) is 26.0. The molecule has 0 radical (unpaired) electrons. The van der Waals surface area contributed by atoms with Crippen LogP contribution in [-0.4, -0.2) is 58.2 Å². The van der Waals surface area contributed by atoms with Gasteiger partial charge in [-0.25, -0.2) is 4.79 Å². The van der Waals surface area contributed by atoms with Crippen LogP contribution in [0, 0.1) is 6.92 Å². The fourth-order valence-electron chi connectivity index (χ4n) is 2.87. The smallest absolute Gasteiger partial charge is 0.337 e. The lowest BCUT2D eigenvalue weighted by atomic mass is 10.1. The van der Waals surface area contributed by atoms with E-state index in [0.717, 1.165) is 17.5 Å². The van der Waals surface area contributed by atoms with Gasteiger partial charge in [0.1, 0.15) is 0 Å². The monoisotopic (exact) mass is 400 g/mol. The van der Waals surface area contributed by atoms with E-state index in [1.165, 1.54) is 7.11 Å². The number of aryl methyl sites for hydroxylation is 1. The number of nitrogens with zero attached hydrogens (tertiary/aromatic N) is 1. The van der Waals surface area contributed by atoms with Gasteiger partial charge in [0.2, 0.25) is 5.91 Å². The van der Waals surface area contributed by atoms with Crippen molar-refractivity contribution >= 4 is 17.6 Å². The van der Waals surface area contributed by atoms with Gasteiger partial charge in [0.25, 0.3) is 0 Å². The number of carbonyl (C=O) groups is 2. The van der Waals surface area contributed by atoms with Gasteiger partial charge in [-0.05, 0) is 55.8 Å². The number of benzene rings is 2. The second-order valence-electron chi connectivity index (χ2n) is 6.75. The lowest BCUT2D eigenvalue weighted by molar-refractivity contribution is -0.117. The Morgan fingerprint density at radius 1 is 1.00 bits per heavy atom. The zero-order chi connectivity index (χ0) is 21.4. The second kappa shape index (κ2) is 10.5. The van der Waals surface area contributed by atoms with Gasteiger partial charge in [0, 0.05) is 12.2 Å². The third-order valence-electron chi connectivity index (χ3n) is 4.58. The van der Waals surface area contributed by atoms with Gasteiger partial charge in [0.15, 0.2) is 11.5 Å². The molecule has 0 fully saturated rings. The highest BCUT2D eigenvalue weighted by Crippen LogP contribution is 2.27. The zero-order valence-electron chi connectivity index (χ0n) is 17.6. The van der Waals surface area contributed by atoms with Crippen molar-refractivity contribution in [3.63, 3.8) is 0 Å². The third kappa shape index (κ3) is 6.22. The average molecular weight is 400 g/mol. The van der Waals surface area contributed by atoms with Gasteiger partial charge in [-0.1, -0.05) is 12.1 Å². The van der Waals surface area contributed by atoms with E-state index >= 15 is 0 Å². The molecule has 0 aliphatic rings. The number of anilines is 1. The number of methoxy groups -OCH3 is 3. The SMILES string of the molecule is COC(=O)c1ccc(C)c(NC(=O)CN(C)CCc2ccc(OC)c(OC)c2)c1. The molecule has 156 valence electrons. The minimum absolute atomic E-state index is 0.148. The Hall–Kier alpha value is -3.06. The topological polar surface area (TPSA) is 77.1 Å². The predicted octanol–water partition coefficient (Wildman–Crippen LogP) is 2.91. The molecule has 0 atom stereocenters. The van der Waals surface area contributed by atoms with Gasteiger partial charge >= 0.3 is 5.97 Å². The second-order valence-corrected chi connectivity index (χ2v) is 6.75. The van der Waals surface area contributed by atoms with E-state index in [1.807, 2.05) is 37.1 Å². The normalized spacial score (nSPS) is 10.6. The minimum atomic E-state index is -0.437. The van der Waals surface area contributed by atoms with Crippen molar-refractivity contribution in [1.29, 1.82) is 0 Å². The van der Waals surface area contributed by atoms with E-state index < -0.39 is 5.97 Å². The molecule has 0 aromatic heterocycles. The lowest BCUT2D eigenvalue weighted by Crippen LogP contribution is -2.31. The maximum absolute atomic E-state index is 12.4. The molecule has 7 nitrogen and oxygen atoms in total. The first-order valence-electron chi connectivity index (χ1n) is 9.26. The van der Waals surface area contributed by atoms with Crippen LogP contribution in [0.15, 0.2) is 36.4 Å². The Balaban J connectivity index is 1.92. The summed E-state index contributed by atoms with van der Waals surface area (Å²) in [6.07, 6.45) is 0.765. The van der Waals surface area contributed by atoms with Crippen molar-refractivity contribution in [1.82, 2.24) is 4.90 Å². The molecular weight excluding hydrogens is 372 g/mol. The molecule has 0 spiro atoms. The largest absolute Gasteiger partial charge is 0.493 e. The molecule has 29 heavy (non-hydrogen) atoms. The van der Waals surface area contributed by atoms with Gasteiger partial charge < -0.3 is 19.5 Å². The van der Waals surface area contributed by atoms with Gasteiger partial charge in [0.05, 0.1) is 33.4 Å². The number of rotatable bonds is 9. The molecule has 0 heterocycles. The first-order valence-corrected chi connectivity index (χ1v) is 9.26. The summed E-state index contributed by atoms with van der Waals surface area (Å²) in [5, 5.41) is 2.87. The molecule has 0 bridgehead atoms. The molecular formula is C22H28N2O5. The number of likely N-dealkylation sites (N-methyl/N-ethyl adjacent to an activating group) is 1. The average Bonchev–Trinajstić information content (AvgIpc) is 2.72. The minimum Gasteiger partial charge on any atom is -0.493 e. The summed E-state index contributed by atoms with van der Waals surface area (Å²) in [5.41, 5.74) is 2.97. The van der Waals surface area contributed by atoms with Crippen molar-refractivity contribution < 1.29 is 23.8 Å². The fourth-order valence-corrected chi connectivity index (χ4v) is 2.87. The number of esters is 1. The summed E-state index contributed by atoms with van der Waals surface area (Å²) in [6.45, 7) is 2.80. The zero-order valence-corrected chi connectivity index (χ0v) is 17.6. The maximum Gasteiger partial charge on any atom is 0.337 e. The molecule has 0 saturated carbocycles. The molecule has 0 saturated heterocycles. The van der Waals surface area contributed by atoms with Crippen molar-refractivity contribution in [2.45, 2.75) is 13.3 Å². The van der Waals surface area contributed by atoms with Crippen LogP contribution >= 0.6 is 0 Å². The number of amides is 1. The highest BCUT2D eigenvalue weighted by Gasteiger charge is 2.12. The molecule has 1 amide bonds. The summed E-state index contributed by atoms with van der Waals surface area (Å²) in [7, 11) is 6.42. The standard InChI is InChI=1S/C22H28N2O5/c1-15-6-8-17(22(26)29-5)13-18(15)23-21(25)14-24(2)11-10-16-7-9-19(27-3)20(12-16)28-4/h6-9,12-13H,10-11,14H2,1-5H3,(H,23,25). The van der Waals surface area contributed by atoms with Crippen LogP contribution in [0.3, 0.4) is 0 Å². The number of hydrogen-bond donors (Lipinski definition) is 1. The van der Waals surface area contributed by atoms with Crippen LogP contribution in [0.2, 0.25) is 0 Å². The highest BCUT2D eigenvalue weighted by atomic mass is 16.5. The van der Waals surface area contributed by atoms with E-state index in [0.29, 0.717) is 29.3 Å². The first kappa shape index (κ1) is 22.2. The van der Waals surface area contributed by atoms with Crippen molar-refractivity contribution in [3.8, 4) is 11.5 Å². The maximum atomic E-state index is 12.4. The Morgan fingerprint density at radius 3 is 2.38 bits per heavy atom. The van der Waals surface area contributed by atoms with Crippen molar-refractivity contribution in [2.75, 3.05) is 46.8 Å². The van der Waals surface area contributed by atoms with Crippen LogP contribution in [-0.2, 0) is 16.0 Å². The predicted molar refractivity (Wildman–Crippen MR) is 112 cm³/mol. The van der Waals surface area contributed by atoms with E-state index in [4.69, 9.17) is 14.2 Å². The summed E-state index contributed by atoms with van der Waals surface area (Å²) < 4.78 is 15.3. The molecule has 0 aliphatic carbocycles. The molecule has 1 N–H and O–H groups in total. The molecule has 2 aromatic rings.